The number of nitrogens with one attached hydrogen (secondary N) is 2. The van der Waals surface area contributed by atoms with Gasteiger partial charge in [0.05, 0.1) is 7.11 Å². The van der Waals surface area contributed by atoms with Crippen LogP contribution in [0.2, 0.25) is 0 Å². The molecule has 5 nitrogen and oxygen atoms in total. The van der Waals surface area contributed by atoms with Crippen molar-refractivity contribution in [1.29, 1.82) is 0 Å². The molecule has 1 aromatic rings. The molecule has 1 aromatic carbocycles. The molecule has 0 aliphatic heterocycles. The molecule has 0 aromatic heterocycles. The molecule has 0 fully saturated rings. The molecule has 0 unspecified atom stereocenters. The van der Waals surface area contributed by atoms with Gasteiger partial charge in [-0.2, -0.15) is 0 Å². The zero-order chi connectivity index (χ0) is 15.2. The smallest absolute Gasteiger partial charge is 0.309 e. The Morgan fingerprint density at radius 3 is 2.40 bits per heavy atom. The summed E-state index contributed by atoms with van der Waals surface area (Å²) in [4.78, 5) is 23.2. The Morgan fingerprint density at radius 1 is 1.15 bits per heavy atom. The van der Waals surface area contributed by atoms with E-state index in [1.54, 1.807) is 7.11 Å². The van der Waals surface area contributed by atoms with Crippen molar-refractivity contribution in [3.63, 3.8) is 0 Å². The first-order chi connectivity index (χ1) is 9.33. The van der Waals surface area contributed by atoms with E-state index in [9.17, 15) is 9.59 Å². The Bertz CT molecular complexity index is 478. The standard InChI is InChI=1S/C15H22N2O3/c1-15(2,3)17-14(19)13(18)16-10-9-11-7-5-6-8-12(11)20-4/h5-8H,9-10H2,1-4H3,(H,16,18)(H,17,19). The maximum absolute atomic E-state index is 11.6. The summed E-state index contributed by atoms with van der Waals surface area (Å²) in [5.74, 6) is -0.451. The highest BCUT2D eigenvalue weighted by molar-refractivity contribution is 6.35. The van der Waals surface area contributed by atoms with Gasteiger partial charge in [0.2, 0.25) is 0 Å². The summed E-state index contributed by atoms with van der Waals surface area (Å²) in [6.07, 6.45) is 0.610. The monoisotopic (exact) mass is 278 g/mol. The van der Waals surface area contributed by atoms with Crippen molar-refractivity contribution >= 4 is 11.8 Å². The Balaban J connectivity index is 2.44. The summed E-state index contributed by atoms with van der Waals surface area (Å²) in [6.45, 7) is 5.86. The van der Waals surface area contributed by atoms with E-state index >= 15 is 0 Å². The van der Waals surface area contributed by atoms with Crippen molar-refractivity contribution in [3.8, 4) is 5.75 Å². The van der Waals surface area contributed by atoms with Gasteiger partial charge in [-0.05, 0) is 38.8 Å². The first-order valence-corrected chi connectivity index (χ1v) is 6.56. The van der Waals surface area contributed by atoms with Crippen molar-refractivity contribution in [3.05, 3.63) is 29.8 Å². The van der Waals surface area contributed by atoms with Gasteiger partial charge in [0.15, 0.2) is 0 Å². The van der Waals surface area contributed by atoms with Gasteiger partial charge in [0, 0.05) is 12.1 Å². The van der Waals surface area contributed by atoms with Crippen LogP contribution in [0.3, 0.4) is 0 Å². The van der Waals surface area contributed by atoms with Gasteiger partial charge in [0.1, 0.15) is 5.75 Å². The first-order valence-electron chi connectivity index (χ1n) is 6.56. The number of carbonyl (C=O) groups excluding carboxylic acids is 2. The third-order valence-corrected chi connectivity index (χ3v) is 2.57. The van der Waals surface area contributed by atoms with E-state index in [0.29, 0.717) is 13.0 Å². The average molecular weight is 278 g/mol. The minimum absolute atomic E-state index is 0.386. The average Bonchev–Trinajstić information content (AvgIpc) is 2.37. The summed E-state index contributed by atoms with van der Waals surface area (Å²) >= 11 is 0. The number of hydrogen-bond donors (Lipinski definition) is 2. The lowest BCUT2D eigenvalue weighted by molar-refractivity contribution is -0.140. The number of hydrogen-bond acceptors (Lipinski definition) is 3. The van der Waals surface area contributed by atoms with Gasteiger partial charge < -0.3 is 15.4 Å². The zero-order valence-corrected chi connectivity index (χ0v) is 12.4. The van der Waals surface area contributed by atoms with Crippen LogP contribution < -0.4 is 15.4 Å². The Hall–Kier alpha value is -2.04. The summed E-state index contributed by atoms with van der Waals surface area (Å²) in [6, 6.07) is 7.59. The summed E-state index contributed by atoms with van der Waals surface area (Å²) in [5.41, 5.74) is 0.573. The molecule has 2 N–H and O–H groups in total. The molecule has 110 valence electrons. The molecule has 0 aliphatic rings. The number of ether oxygens (including phenoxy) is 1. The molecule has 0 atom stereocenters. The van der Waals surface area contributed by atoms with Crippen molar-refractivity contribution in [2.75, 3.05) is 13.7 Å². The normalized spacial score (nSPS) is 10.8. The van der Waals surface area contributed by atoms with Crippen molar-refractivity contribution in [1.82, 2.24) is 10.6 Å². The van der Waals surface area contributed by atoms with Gasteiger partial charge in [-0.1, -0.05) is 18.2 Å². The predicted molar refractivity (Wildman–Crippen MR) is 77.6 cm³/mol. The largest absolute Gasteiger partial charge is 0.496 e. The maximum Gasteiger partial charge on any atom is 0.309 e. The SMILES string of the molecule is COc1ccccc1CCNC(=O)C(=O)NC(C)(C)C. The van der Waals surface area contributed by atoms with Crippen molar-refractivity contribution in [2.24, 2.45) is 0 Å². The molecular weight excluding hydrogens is 256 g/mol. The highest BCUT2D eigenvalue weighted by Gasteiger charge is 2.19. The van der Waals surface area contributed by atoms with Crippen LogP contribution in [-0.2, 0) is 16.0 Å². The van der Waals surface area contributed by atoms with E-state index in [1.165, 1.54) is 0 Å². The lowest BCUT2D eigenvalue weighted by Crippen LogP contribution is -2.48. The molecule has 0 saturated carbocycles. The molecular formula is C15H22N2O3. The molecule has 0 saturated heterocycles. The second kappa shape index (κ2) is 6.93. The molecule has 0 radical (unpaired) electrons. The van der Waals surface area contributed by atoms with Gasteiger partial charge in [-0.15, -0.1) is 0 Å². The van der Waals surface area contributed by atoms with E-state index in [2.05, 4.69) is 10.6 Å². The highest BCUT2D eigenvalue weighted by Crippen LogP contribution is 2.17. The third-order valence-electron chi connectivity index (χ3n) is 2.57. The van der Waals surface area contributed by atoms with Crippen LogP contribution in [0, 0.1) is 0 Å². The van der Waals surface area contributed by atoms with Crippen molar-refractivity contribution in [2.45, 2.75) is 32.7 Å². The molecule has 0 heterocycles. The Kier molecular flexibility index (Phi) is 5.55. The Morgan fingerprint density at radius 2 is 1.80 bits per heavy atom. The summed E-state index contributed by atoms with van der Waals surface area (Å²) in [7, 11) is 1.61. The quantitative estimate of drug-likeness (QED) is 0.815. The van der Waals surface area contributed by atoms with Crippen LogP contribution in [0.5, 0.6) is 5.75 Å². The molecule has 0 bridgehead atoms. The zero-order valence-electron chi connectivity index (χ0n) is 12.4. The molecule has 1 rings (SSSR count). The highest BCUT2D eigenvalue weighted by atomic mass is 16.5. The molecule has 0 spiro atoms. The van der Waals surface area contributed by atoms with Crippen LogP contribution in [0.25, 0.3) is 0 Å². The number of carbonyl (C=O) groups is 2. The summed E-state index contributed by atoms with van der Waals surface area (Å²) in [5, 5.41) is 5.21. The van der Waals surface area contributed by atoms with E-state index in [-0.39, 0.29) is 0 Å². The fourth-order valence-corrected chi connectivity index (χ4v) is 1.70. The number of methoxy groups -OCH3 is 1. The van der Waals surface area contributed by atoms with Crippen LogP contribution in [0.4, 0.5) is 0 Å². The lowest BCUT2D eigenvalue weighted by atomic mass is 10.1. The molecule has 0 aliphatic carbocycles. The van der Waals surface area contributed by atoms with Crippen LogP contribution >= 0.6 is 0 Å². The fraction of sp³-hybridized carbons (Fsp3) is 0.467. The van der Waals surface area contributed by atoms with Crippen molar-refractivity contribution < 1.29 is 14.3 Å². The van der Waals surface area contributed by atoms with Gasteiger partial charge in [-0.25, -0.2) is 0 Å². The Labute approximate surface area is 119 Å². The van der Waals surface area contributed by atoms with E-state index < -0.39 is 17.4 Å². The minimum atomic E-state index is -0.616. The minimum Gasteiger partial charge on any atom is -0.496 e. The van der Waals surface area contributed by atoms with E-state index in [4.69, 9.17) is 4.74 Å². The number of amides is 2. The molecule has 2 amide bonds. The van der Waals surface area contributed by atoms with Gasteiger partial charge in [0.25, 0.3) is 0 Å². The third kappa shape index (κ3) is 5.30. The lowest BCUT2D eigenvalue weighted by Gasteiger charge is -2.19. The van der Waals surface area contributed by atoms with Crippen LogP contribution in [-0.4, -0.2) is 31.0 Å². The van der Waals surface area contributed by atoms with Crippen LogP contribution in [0.1, 0.15) is 26.3 Å². The fourth-order valence-electron chi connectivity index (χ4n) is 1.70. The second-order valence-electron chi connectivity index (χ2n) is 5.52. The molecule has 5 heteroatoms. The maximum atomic E-state index is 11.6. The van der Waals surface area contributed by atoms with Gasteiger partial charge >= 0.3 is 11.8 Å². The molecule has 20 heavy (non-hydrogen) atoms. The topological polar surface area (TPSA) is 67.4 Å². The second-order valence-corrected chi connectivity index (χ2v) is 5.52. The van der Waals surface area contributed by atoms with E-state index in [0.717, 1.165) is 11.3 Å². The van der Waals surface area contributed by atoms with Gasteiger partial charge in [-0.3, -0.25) is 9.59 Å². The van der Waals surface area contributed by atoms with E-state index in [1.807, 2.05) is 45.0 Å². The number of benzene rings is 1. The number of rotatable bonds is 4. The summed E-state index contributed by atoms with van der Waals surface area (Å²) < 4.78 is 5.22. The predicted octanol–water partition coefficient (Wildman–Crippen LogP) is 1.27. The number of para-hydroxylation sites is 1. The first kappa shape index (κ1) is 16.0. The van der Waals surface area contributed by atoms with Crippen LogP contribution in [0.15, 0.2) is 24.3 Å².